The lowest BCUT2D eigenvalue weighted by Crippen LogP contribution is -2.17. The maximum Gasteiger partial charge on any atom is 0.235 e. The Morgan fingerprint density at radius 1 is 1.44 bits per heavy atom. The first-order chi connectivity index (χ1) is 7.53. The second-order valence-corrected chi connectivity index (χ2v) is 5.82. The van der Waals surface area contributed by atoms with Gasteiger partial charge in [-0.1, -0.05) is 0 Å². The summed E-state index contributed by atoms with van der Waals surface area (Å²) in [6.07, 6.45) is 1.39. The van der Waals surface area contributed by atoms with Crippen molar-refractivity contribution in [2.45, 2.75) is 24.6 Å². The Bertz CT molecular complexity index is 498. The summed E-state index contributed by atoms with van der Waals surface area (Å²) < 4.78 is 38.8. The van der Waals surface area contributed by atoms with Crippen LogP contribution in [0.5, 0.6) is 0 Å². The van der Waals surface area contributed by atoms with Crippen LogP contribution < -0.4 is 10.5 Å². The molecule has 0 heterocycles. The molecule has 1 aromatic rings. The Labute approximate surface area is 93.7 Å². The molecule has 2 rings (SSSR count). The smallest absolute Gasteiger partial charge is 0.235 e. The number of nitrogens with two attached hydrogens (primary N) is 1. The highest BCUT2D eigenvalue weighted by Crippen LogP contribution is 2.29. The molecule has 1 fully saturated rings. The van der Waals surface area contributed by atoms with E-state index in [0.29, 0.717) is 24.1 Å². The van der Waals surface area contributed by atoms with Crippen LogP contribution >= 0.6 is 0 Å². The Balaban J connectivity index is 2.21. The number of nitrogens with one attached hydrogen (secondary N) is 1. The van der Waals surface area contributed by atoms with Gasteiger partial charge in [0.05, 0.1) is 5.25 Å². The average molecular weight is 244 g/mol. The van der Waals surface area contributed by atoms with E-state index in [1.807, 2.05) is 0 Å². The van der Waals surface area contributed by atoms with Crippen LogP contribution in [-0.2, 0) is 16.6 Å². The summed E-state index contributed by atoms with van der Waals surface area (Å²) in [4.78, 5) is 0. The number of hydrogen-bond donors (Lipinski definition) is 2. The minimum Gasteiger partial charge on any atom is -0.326 e. The van der Waals surface area contributed by atoms with Crippen LogP contribution in [0.25, 0.3) is 0 Å². The molecule has 0 aliphatic heterocycles. The molecule has 0 radical (unpaired) electrons. The summed E-state index contributed by atoms with van der Waals surface area (Å²) in [6, 6.07) is 4.04. The molecule has 0 unspecified atom stereocenters. The zero-order valence-corrected chi connectivity index (χ0v) is 9.43. The van der Waals surface area contributed by atoms with Gasteiger partial charge >= 0.3 is 0 Å². The van der Waals surface area contributed by atoms with Gasteiger partial charge in [-0.15, -0.1) is 0 Å². The van der Waals surface area contributed by atoms with Crippen molar-refractivity contribution in [1.82, 2.24) is 0 Å². The second-order valence-electron chi connectivity index (χ2n) is 3.86. The fourth-order valence-electron chi connectivity index (χ4n) is 1.42. The minimum absolute atomic E-state index is 0.0465. The van der Waals surface area contributed by atoms with Crippen molar-refractivity contribution >= 4 is 15.7 Å². The molecule has 0 atom stereocenters. The van der Waals surface area contributed by atoms with E-state index >= 15 is 0 Å². The van der Waals surface area contributed by atoms with Gasteiger partial charge in [-0.3, -0.25) is 4.72 Å². The molecule has 6 heteroatoms. The first-order valence-electron chi connectivity index (χ1n) is 5.03. The molecule has 88 valence electrons. The quantitative estimate of drug-likeness (QED) is 0.835. The number of sulfonamides is 1. The SMILES string of the molecule is NCc1cc(NS(=O)(=O)C2CC2)ccc1F. The molecular weight excluding hydrogens is 231 g/mol. The fourth-order valence-corrected chi connectivity index (χ4v) is 2.80. The van der Waals surface area contributed by atoms with Gasteiger partial charge in [0.1, 0.15) is 5.82 Å². The molecule has 3 N–H and O–H groups in total. The standard InChI is InChI=1S/C10H13FN2O2S/c11-10-4-1-8(5-7(10)6-12)13-16(14,15)9-2-3-9/h1,4-5,9,13H,2-3,6,12H2. The predicted octanol–water partition coefficient (Wildman–Crippen LogP) is 1.19. The maximum absolute atomic E-state index is 13.1. The van der Waals surface area contributed by atoms with E-state index in [0.717, 1.165) is 0 Å². The zero-order valence-electron chi connectivity index (χ0n) is 8.61. The van der Waals surface area contributed by atoms with Crippen LogP contribution in [0.2, 0.25) is 0 Å². The Morgan fingerprint density at radius 3 is 2.69 bits per heavy atom. The summed E-state index contributed by atoms with van der Waals surface area (Å²) in [5.41, 5.74) is 6.01. The molecule has 1 aromatic carbocycles. The summed E-state index contributed by atoms with van der Waals surface area (Å²) in [7, 11) is -3.29. The number of hydrogen-bond acceptors (Lipinski definition) is 3. The Kier molecular flexibility index (Phi) is 2.86. The van der Waals surface area contributed by atoms with Gasteiger partial charge in [-0.25, -0.2) is 12.8 Å². The third kappa shape index (κ3) is 2.33. The predicted molar refractivity (Wildman–Crippen MR) is 59.9 cm³/mol. The van der Waals surface area contributed by atoms with E-state index < -0.39 is 15.8 Å². The Morgan fingerprint density at radius 2 is 2.12 bits per heavy atom. The molecule has 0 bridgehead atoms. The largest absolute Gasteiger partial charge is 0.326 e. The molecule has 0 amide bonds. The highest BCUT2D eigenvalue weighted by Gasteiger charge is 2.35. The number of halogens is 1. The molecule has 1 aliphatic rings. The first-order valence-corrected chi connectivity index (χ1v) is 6.57. The van der Waals surface area contributed by atoms with Crippen LogP contribution in [0.3, 0.4) is 0 Å². The van der Waals surface area contributed by atoms with Crippen molar-refractivity contribution in [3.63, 3.8) is 0 Å². The van der Waals surface area contributed by atoms with Gasteiger partial charge in [-0.05, 0) is 31.0 Å². The molecule has 1 aliphatic carbocycles. The monoisotopic (exact) mass is 244 g/mol. The number of anilines is 1. The molecule has 16 heavy (non-hydrogen) atoms. The molecule has 4 nitrogen and oxygen atoms in total. The zero-order chi connectivity index (χ0) is 11.8. The van der Waals surface area contributed by atoms with Crippen LogP contribution in [0.15, 0.2) is 18.2 Å². The van der Waals surface area contributed by atoms with E-state index in [1.54, 1.807) is 0 Å². The number of rotatable bonds is 4. The van der Waals surface area contributed by atoms with E-state index in [9.17, 15) is 12.8 Å². The van der Waals surface area contributed by atoms with E-state index in [-0.39, 0.29) is 11.8 Å². The highest BCUT2D eigenvalue weighted by molar-refractivity contribution is 7.93. The summed E-state index contributed by atoms with van der Waals surface area (Å²) >= 11 is 0. The van der Waals surface area contributed by atoms with Crippen LogP contribution in [0.1, 0.15) is 18.4 Å². The van der Waals surface area contributed by atoms with Gasteiger partial charge in [0, 0.05) is 17.8 Å². The van der Waals surface area contributed by atoms with Crippen LogP contribution in [0, 0.1) is 5.82 Å². The second kappa shape index (κ2) is 4.03. The van der Waals surface area contributed by atoms with E-state index in [2.05, 4.69) is 4.72 Å². The van der Waals surface area contributed by atoms with E-state index in [1.165, 1.54) is 18.2 Å². The summed E-state index contributed by atoms with van der Waals surface area (Å²) in [5, 5.41) is -0.293. The van der Waals surface area contributed by atoms with Crippen molar-refractivity contribution in [3.05, 3.63) is 29.6 Å². The first kappa shape index (κ1) is 11.3. The molecule has 0 aromatic heterocycles. The van der Waals surface area contributed by atoms with Crippen molar-refractivity contribution in [2.75, 3.05) is 4.72 Å². The van der Waals surface area contributed by atoms with Gasteiger partial charge in [0.25, 0.3) is 0 Å². The topological polar surface area (TPSA) is 72.2 Å². The minimum atomic E-state index is -3.29. The van der Waals surface area contributed by atoms with Crippen molar-refractivity contribution in [1.29, 1.82) is 0 Å². The van der Waals surface area contributed by atoms with Gasteiger partial charge in [0.15, 0.2) is 0 Å². The third-order valence-corrected chi connectivity index (χ3v) is 4.36. The lowest BCUT2D eigenvalue weighted by atomic mass is 10.2. The maximum atomic E-state index is 13.1. The third-order valence-electron chi connectivity index (χ3n) is 2.49. The van der Waals surface area contributed by atoms with Gasteiger partial charge in [0.2, 0.25) is 10.0 Å². The van der Waals surface area contributed by atoms with Crippen LogP contribution in [0.4, 0.5) is 10.1 Å². The number of benzene rings is 1. The van der Waals surface area contributed by atoms with E-state index in [4.69, 9.17) is 5.73 Å². The molecule has 0 spiro atoms. The van der Waals surface area contributed by atoms with Crippen LogP contribution in [-0.4, -0.2) is 13.7 Å². The van der Waals surface area contributed by atoms with Gasteiger partial charge in [-0.2, -0.15) is 0 Å². The molecule has 0 saturated heterocycles. The highest BCUT2D eigenvalue weighted by atomic mass is 32.2. The molecule has 1 saturated carbocycles. The molecular formula is C10H13FN2O2S. The van der Waals surface area contributed by atoms with Crippen molar-refractivity contribution < 1.29 is 12.8 Å². The lowest BCUT2D eigenvalue weighted by molar-refractivity contribution is 0.599. The summed E-state index contributed by atoms with van der Waals surface area (Å²) in [5.74, 6) is -0.420. The fraction of sp³-hybridized carbons (Fsp3) is 0.400. The lowest BCUT2D eigenvalue weighted by Gasteiger charge is -2.08. The normalized spacial score (nSPS) is 16.1. The summed E-state index contributed by atoms with van der Waals surface area (Å²) in [6.45, 7) is 0.0465. The van der Waals surface area contributed by atoms with Crippen molar-refractivity contribution in [2.24, 2.45) is 5.73 Å². The average Bonchev–Trinajstić information content (AvgIpc) is 3.04. The Hall–Kier alpha value is -1.14. The van der Waals surface area contributed by atoms with Gasteiger partial charge < -0.3 is 5.73 Å². The van der Waals surface area contributed by atoms with Crippen molar-refractivity contribution in [3.8, 4) is 0 Å².